The lowest BCUT2D eigenvalue weighted by molar-refractivity contribution is -0.126. The first-order valence-corrected chi connectivity index (χ1v) is 14.0. The smallest absolute Gasteiger partial charge is 0.343 e. The van der Waals surface area contributed by atoms with Gasteiger partial charge in [-0.05, 0) is 48.9 Å². The average Bonchev–Trinajstić information content (AvgIpc) is 2.92. The topological polar surface area (TPSA) is 106 Å². The number of rotatable bonds is 17. The summed E-state index contributed by atoms with van der Waals surface area (Å²) in [6.07, 6.45) is 12.4. The molecule has 0 aliphatic heterocycles. The van der Waals surface area contributed by atoms with Crippen LogP contribution in [0.4, 0.5) is 0 Å². The van der Waals surface area contributed by atoms with Crippen LogP contribution >= 0.6 is 15.9 Å². The minimum absolute atomic E-state index is 0.146. The van der Waals surface area contributed by atoms with Gasteiger partial charge in [-0.1, -0.05) is 74.2 Å². The van der Waals surface area contributed by atoms with Gasteiger partial charge < -0.3 is 14.8 Å². The summed E-state index contributed by atoms with van der Waals surface area (Å²) in [4.78, 5) is 36.6. The fourth-order valence-electron chi connectivity index (χ4n) is 3.68. The maximum atomic E-state index is 12.5. The molecule has 206 valence electrons. The van der Waals surface area contributed by atoms with Crippen LogP contribution < -0.4 is 20.2 Å². The second kappa shape index (κ2) is 18.1. The van der Waals surface area contributed by atoms with Gasteiger partial charge in [0, 0.05) is 16.5 Å². The number of nitrogens with one attached hydrogen (secondary N) is 2. The highest BCUT2D eigenvalue weighted by atomic mass is 79.9. The Balaban J connectivity index is 1.72. The standard InChI is InChI=1S/C29H38BrN3O5/c1-3-4-5-6-7-8-9-10-11-12-27(34)31-21-28(35)33-32-20-23-19-24(30)15-18-26(23)38-29(36)22-13-16-25(37-2)17-14-22/h13-20H,3-12,21H2,1-2H3,(H,31,34)(H,33,35). The largest absolute Gasteiger partial charge is 0.497 e. The van der Waals surface area contributed by atoms with Crippen molar-refractivity contribution in [2.75, 3.05) is 13.7 Å². The fourth-order valence-corrected chi connectivity index (χ4v) is 4.05. The van der Waals surface area contributed by atoms with Gasteiger partial charge in [-0.3, -0.25) is 9.59 Å². The van der Waals surface area contributed by atoms with Crippen molar-refractivity contribution in [2.45, 2.75) is 71.1 Å². The number of amides is 2. The first kappa shape index (κ1) is 31.0. The molecule has 0 aliphatic carbocycles. The number of unbranched alkanes of at least 4 members (excludes halogenated alkanes) is 8. The third-order valence-corrected chi connectivity index (χ3v) is 6.34. The quantitative estimate of drug-likeness (QED) is 0.0757. The Kier molecular flexibility index (Phi) is 14.8. The Hall–Kier alpha value is -3.20. The van der Waals surface area contributed by atoms with Crippen molar-refractivity contribution in [2.24, 2.45) is 5.10 Å². The molecule has 0 heterocycles. The van der Waals surface area contributed by atoms with Gasteiger partial charge in [0.15, 0.2) is 0 Å². The summed E-state index contributed by atoms with van der Waals surface area (Å²) >= 11 is 3.38. The summed E-state index contributed by atoms with van der Waals surface area (Å²) in [6.45, 7) is 2.05. The normalized spacial score (nSPS) is 10.8. The zero-order valence-electron chi connectivity index (χ0n) is 22.3. The molecule has 0 bridgehead atoms. The highest BCUT2D eigenvalue weighted by molar-refractivity contribution is 9.10. The lowest BCUT2D eigenvalue weighted by atomic mass is 10.1. The van der Waals surface area contributed by atoms with Crippen LogP contribution in [0.1, 0.15) is 87.1 Å². The molecule has 8 nitrogen and oxygen atoms in total. The van der Waals surface area contributed by atoms with Gasteiger partial charge in [0.05, 0.1) is 25.4 Å². The predicted molar refractivity (Wildman–Crippen MR) is 153 cm³/mol. The molecule has 2 aromatic carbocycles. The van der Waals surface area contributed by atoms with Gasteiger partial charge in [-0.25, -0.2) is 10.2 Å². The van der Waals surface area contributed by atoms with E-state index in [1.54, 1.807) is 49.6 Å². The Morgan fingerprint density at radius 2 is 1.55 bits per heavy atom. The summed E-state index contributed by atoms with van der Waals surface area (Å²) in [6, 6.07) is 11.6. The molecule has 2 N–H and O–H groups in total. The van der Waals surface area contributed by atoms with Crippen LogP contribution in [-0.4, -0.2) is 37.7 Å². The van der Waals surface area contributed by atoms with E-state index in [9.17, 15) is 14.4 Å². The molecule has 0 aliphatic rings. The zero-order chi connectivity index (χ0) is 27.6. The Morgan fingerprint density at radius 1 is 0.895 bits per heavy atom. The number of hydrogen-bond donors (Lipinski definition) is 2. The minimum atomic E-state index is -0.539. The summed E-state index contributed by atoms with van der Waals surface area (Å²) in [7, 11) is 1.55. The molecule has 0 saturated heterocycles. The van der Waals surface area contributed by atoms with Crippen molar-refractivity contribution in [1.29, 1.82) is 0 Å². The van der Waals surface area contributed by atoms with E-state index < -0.39 is 11.9 Å². The summed E-state index contributed by atoms with van der Waals surface area (Å²) in [5.41, 5.74) is 3.23. The molecule has 38 heavy (non-hydrogen) atoms. The fraction of sp³-hybridized carbons (Fsp3) is 0.448. The lowest BCUT2D eigenvalue weighted by Crippen LogP contribution is -2.34. The molecular formula is C29H38BrN3O5. The summed E-state index contributed by atoms with van der Waals surface area (Å²) in [5, 5.41) is 6.56. The maximum Gasteiger partial charge on any atom is 0.343 e. The van der Waals surface area contributed by atoms with E-state index in [0.29, 0.717) is 23.3 Å². The lowest BCUT2D eigenvalue weighted by Gasteiger charge is -2.09. The Labute approximate surface area is 233 Å². The number of hydrogen-bond acceptors (Lipinski definition) is 6. The van der Waals surface area contributed by atoms with Gasteiger partial charge in [0.2, 0.25) is 5.91 Å². The van der Waals surface area contributed by atoms with Crippen molar-refractivity contribution in [3.05, 3.63) is 58.1 Å². The summed E-state index contributed by atoms with van der Waals surface area (Å²) < 4.78 is 11.4. The van der Waals surface area contributed by atoms with Crippen molar-refractivity contribution >= 4 is 39.9 Å². The number of nitrogens with zero attached hydrogens (tertiary/aromatic N) is 1. The molecule has 0 aromatic heterocycles. The van der Waals surface area contributed by atoms with Gasteiger partial charge in [-0.2, -0.15) is 5.10 Å². The van der Waals surface area contributed by atoms with Gasteiger partial charge in [0.1, 0.15) is 11.5 Å². The molecular weight excluding hydrogens is 550 g/mol. The molecule has 0 radical (unpaired) electrons. The van der Waals surface area contributed by atoms with E-state index in [1.807, 2.05) is 0 Å². The molecule has 0 atom stereocenters. The second-order valence-electron chi connectivity index (χ2n) is 8.95. The van der Waals surface area contributed by atoms with Gasteiger partial charge in [-0.15, -0.1) is 0 Å². The van der Waals surface area contributed by atoms with Crippen molar-refractivity contribution < 1.29 is 23.9 Å². The summed E-state index contributed by atoms with van der Waals surface area (Å²) in [5.74, 6) is -0.224. The monoisotopic (exact) mass is 587 g/mol. The van der Waals surface area contributed by atoms with E-state index in [0.717, 1.165) is 23.7 Å². The number of carbonyl (C=O) groups excluding carboxylic acids is 3. The van der Waals surface area contributed by atoms with Crippen LogP contribution in [0.25, 0.3) is 0 Å². The molecule has 2 aromatic rings. The minimum Gasteiger partial charge on any atom is -0.497 e. The number of carbonyl (C=O) groups is 3. The molecule has 2 amide bonds. The van der Waals surface area contributed by atoms with E-state index >= 15 is 0 Å². The van der Waals surface area contributed by atoms with E-state index in [-0.39, 0.29) is 18.2 Å². The predicted octanol–water partition coefficient (Wildman–Crippen LogP) is 6.16. The molecule has 9 heteroatoms. The number of ether oxygens (including phenoxy) is 2. The van der Waals surface area contributed by atoms with Gasteiger partial charge in [0.25, 0.3) is 5.91 Å². The number of methoxy groups -OCH3 is 1. The maximum absolute atomic E-state index is 12.5. The van der Waals surface area contributed by atoms with Crippen molar-refractivity contribution in [3.63, 3.8) is 0 Å². The van der Waals surface area contributed by atoms with Gasteiger partial charge >= 0.3 is 5.97 Å². The first-order chi connectivity index (χ1) is 18.4. The highest BCUT2D eigenvalue weighted by Gasteiger charge is 2.12. The zero-order valence-corrected chi connectivity index (χ0v) is 23.8. The van der Waals surface area contributed by atoms with Crippen LogP contribution in [-0.2, 0) is 9.59 Å². The average molecular weight is 589 g/mol. The first-order valence-electron chi connectivity index (χ1n) is 13.2. The van der Waals surface area contributed by atoms with Crippen LogP contribution in [0.2, 0.25) is 0 Å². The van der Waals surface area contributed by atoms with Crippen LogP contribution in [0, 0.1) is 0 Å². The Bertz CT molecular complexity index is 1060. The van der Waals surface area contributed by atoms with E-state index in [1.165, 1.54) is 44.7 Å². The van der Waals surface area contributed by atoms with Crippen molar-refractivity contribution in [3.8, 4) is 11.5 Å². The van der Waals surface area contributed by atoms with E-state index in [2.05, 4.69) is 38.7 Å². The molecule has 2 rings (SSSR count). The van der Waals surface area contributed by atoms with Crippen LogP contribution in [0.15, 0.2) is 52.0 Å². The Morgan fingerprint density at radius 3 is 2.21 bits per heavy atom. The van der Waals surface area contributed by atoms with Crippen molar-refractivity contribution in [1.82, 2.24) is 10.7 Å². The number of hydrazone groups is 1. The third kappa shape index (κ3) is 12.4. The third-order valence-electron chi connectivity index (χ3n) is 5.85. The van der Waals surface area contributed by atoms with E-state index in [4.69, 9.17) is 9.47 Å². The van der Waals surface area contributed by atoms with Crippen LogP contribution in [0.5, 0.6) is 11.5 Å². The number of esters is 1. The van der Waals surface area contributed by atoms with Crippen LogP contribution in [0.3, 0.4) is 0 Å². The molecule has 0 unspecified atom stereocenters. The SMILES string of the molecule is CCCCCCCCCCCC(=O)NCC(=O)NN=Cc1cc(Br)ccc1OC(=O)c1ccc(OC)cc1. The molecule has 0 fully saturated rings. The second-order valence-corrected chi connectivity index (χ2v) is 9.86. The highest BCUT2D eigenvalue weighted by Crippen LogP contribution is 2.23. The molecule has 0 saturated carbocycles. The number of halogens is 1. The number of benzene rings is 2. The molecule has 0 spiro atoms.